The van der Waals surface area contributed by atoms with Gasteiger partial charge < -0.3 is 19.8 Å². The van der Waals surface area contributed by atoms with E-state index in [0.29, 0.717) is 17.4 Å². The van der Waals surface area contributed by atoms with Crippen LogP contribution in [0.4, 0.5) is 0 Å². The second-order valence-electron chi connectivity index (χ2n) is 23.8. The van der Waals surface area contributed by atoms with E-state index in [9.17, 15) is 19.4 Å². The molecule has 3 atom stereocenters. The Morgan fingerprint density at radius 3 is 1.12 bits per heavy atom. The topological polar surface area (TPSA) is 105 Å². The number of likely N-dealkylation sites (N-methyl/N-ethyl adjacent to an activating group) is 1. The SMILES string of the molecule is CC/C=C\C/C=C\C/C=C\C/C=C\C/C=C\C/C=C\C/C=C\CCCCCCCCCCCCCCCC(=O)NC(COP(=O)(O)OCC[N+](C)(C)C)C(O)/C=C/CC/C=C/CC/C=C/CCCCCCCCCCCCCCCCC. The molecule has 0 aliphatic heterocycles. The Morgan fingerprint density at radius 2 is 0.744 bits per heavy atom. The summed E-state index contributed by atoms with van der Waals surface area (Å²) >= 11 is 0. The van der Waals surface area contributed by atoms with Gasteiger partial charge in [-0.25, -0.2) is 4.57 Å². The van der Waals surface area contributed by atoms with E-state index >= 15 is 0 Å². The molecule has 1 amide bonds. The minimum Gasteiger partial charge on any atom is -0.387 e. The first kappa shape index (κ1) is 78.9. The summed E-state index contributed by atoms with van der Waals surface area (Å²) in [4.78, 5) is 23.4. The number of carbonyl (C=O) groups excluding carboxylic acids is 1. The fourth-order valence-electron chi connectivity index (χ4n) is 9.41. The average molecular weight is 1160 g/mol. The Hall–Kier alpha value is -3.10. The van der Waals surface area contributed by atoms with Crippen LogP contribution in [0.15, 0.2) is 122 Å². The van der Waals surface area contributed by atoms with E-state index in [0.717, 1.165) is 89.9 Å². The second-order valence-corrected chi connectivity index (χ2v) is 25.3. The van der Waals surface area contributed by atoms with Crippen molar-refractivity contribution in [2.45, 2.75) is 296 Å². The van der Waals surface area contributed by atoms with Crippen LogP contribution in [-0.4, -0.2) is 73.4 Å². The normalized spacial score (nSPS) is 14.5. The lowest BCUT2D eigenvalue weighted by Gasteiger charge is -2.25. The molecule has 8 nitrogen and oxygen atoms in total. The van der Waals surface area contributed by atoms with E-state index in [2.05, 4.69) is 129 Å². The maximum atomic E-state index is 13.0. The smallest absolute Gasteiger partial charge is 0.387 e. The highest BCUT2D eigenvalue weighted by molar-refractivity contribution is 7.47. The molecular weight excluding hydrogens is 1030 g/mol. The number of aliphatic hydroxyl groups is 1. The summed E-state index contributed by atoms with van der Waals surface area (Å²) in [7, 11) is 1.54. The van der Waals surface area contributed by atoms with E-state index in [1.165, 1.54) is 173 Å². The average Bonchev–Trinajstić information content (AvgIpc) is 3.45. The monoisotopic (exact) mass is 1160 g/mol. The Labute approximate surface area is 507 Å². The van der Waals surface area contributed by atoms with E-state index in [-0.39, 0.29) is 19.1 Å². The predicted molar refractivity (Wildman–Crippen MR) is 359 cm³/mol. The van der Waals surface area contributed by atoms with Crippen LogP contribution in [0.5, 0.6) is 0 Å². The van der Waals surface area contributed by atoms with Crippen molar-refractivity contribution in [1.82, 2.24) is 5.32 Å². The van der Waals surface area contributed by atoms with Gasteiger partial charge in [0.1, 0.15) is 13.2 Å². The van der Waals surface area contributed by atoms with Crippen molar-refractivity contribution in [2.75, 3.05) is 40.9 Å². The van der Waals surface area contributed by atoms with Crippen molar-refractivity contribution in [1.29, 1.82) is 0 Å². The van der Waals surface area contributed by atoms with Gasteiger partial charge in [-0.3, -0.25) is 13.8 Å². The zero-order valence-electron chi connectivity index (χ0n) is 53.9. The third kappa shape index (κ3) is 64.5. The molecule has 0 aromatic heterocycles. The molecule has 0 aliphatic rings. The van der Waals surface area contributed by atoms with Gasteiger partial charge in [-0.1, -0.05) is 296 Å². The van der Waals surface area contributed by atoms with Gasteiger partial charge in [-0.05, 0) is 103 Å². The standard InChI is InChI=1S/C73H129N2O6P/c1-6-8-10-12-14-16-18-20-22-24-26-28-30-32-33-34-35-36-37-38-39-40-41-43-45-47-49-51-53-55-57-59-61-63-65-67-73(77)74-71(70-81-82(78,79)80-69-68-75(3,4)5)72(76)66-64-62-60-58-56-54-52-50-48-46-44-42-31-29-27-25-23-21-19-17-15-13-11-9-7-2/h8,10,14,16,20,22,26,28,32-33,35-36,38-39,48,50,56,58,64,66,71-72,76H,6-7,9,11-13,15,17-19,21,23-25,27,29-31,34,37,40-47,49,51-55,57,59-63,65,67-70H2,1-5H3,(H-,74,77,78,79)/p+1/b10-8-,16-14-,22-20-,28-26-,33-32-,36-35-,39-38-,50-48+,58-56+,66-64+. The quantitative estimate of drug-likeness (QED) is 0.0243. The first-order valence-electron chi connectivity index (χ1n) is 33.9. The van der Waals surface area contributed by atoms with Gasteiger partial charge in [0.15, 0.2) is 0 Å². The van der Waals surface area contributed by atoms with Gasteiger partial charge in [-0.15, -0.1) is 0 Å². The van der Waals surface area contributed by atoms with Crippen LogP contribution in [0.2, 0.25) is 0 Å². The predicted octanol–water partition coefficient (Wildman–Crippen LogP) is 21.7. The largest absolute Gasteiger partial charge is 0.472 e. The summed E-state index contributed by atoms with van der Waals surface area (Å²) in [6.07, 6.45) is 93.4. The first-order valence-corrected chi connectivity index (χ1v) is 35.4. The highest BCUT2D eigenvalue weighted by atomic mass is 31.2. The summed E-state index contributed by atoms with van der Waals surface area (Å²) in [5.74, 6) is -0.195. The molecule has 0 rings (SSSR count). The Balaban J connectivity index is 4.17. The molecule has 3 unspecified atom stereocenters. The number of hydrogen-bond acceptors (Lipinski definition) is 5. The van der Waals surface area contributed by atoms with Crippen molar-refractivity contribution >= 4 is 13.7 Å². The summed E-state index contributed by atoms with van der Waals surface area (Å²) in [5.41, 5.74) is 0. The molecule has 0 saturated carbocycles. The molecule has 0 fully saturated rings. The van der Waals surface area contributed by atoms with Crippen molar-refractivity contribution < 1.29 is 32.9 Å². The number of nitrogens with one attached hydrogen (secondary N) is 1. The fourth-order valence-corrected chi connectivity index (χ4v) is 10.1. The summed E-state index contributed by atoms with van der Waals surface area (Å²) in [6, 6.07) is -0.879. The number of phosphoric acid groups is 1. The van der Waals surface area contributed by atoms with Crippen LogP contribution in [0, 0.1) is 0 Å². The van der Waals surface area contributed by atoms with Crippen LogP contribution in [-0.2, 0) is 18.4 Å². The Morgan fingerprint density at radius 1 is 0.427 bits per heavy atom. The van der Waals surface area contributed by atoms with E-state index in [1.54, 1.807) is 6.08 Å². The number of amides is 1. The van der Waals surface area contributed by atoms with Crippen molar-refractivity contribution in [2.24, 2.45) is 0 Å². The van der Waals surface area contributed by atoms with Crippen LogP contribution >= 0.6 is 7.82 Å². The van der Waals surface area contributed by atoms with Gasteiger partial charge in [0.2, 0.25) is 5.91 Å². The van der Waals surface area contributed by atoms with Gasteiger partial charge >= 0.3 is 7.82 Å². The maximum absolute atomic E-state index is 13.0. The molecule has 0 aromatic rings. The van der Waals surface area contributed by atoms with Gasteiger partial charge in [0.05, 0.1) is 39.9 Å². The third-order valence-corrected chi connectivity index (χ3v) is 15.6. The summed E-state index contributed by atoms with van der Waals surface area (Å²) in [5, 5.41) is 14.0. The molecule has 0 heterocycles. The zero-order chi connectivity index (χ0) is 59.8. The minimum absolute atomic E-state index is 0.0485. The minimum atomic E-state index is -4.37. The van der Waals surface area contributed by atoms with Crippen molar-refractivity contribution in [3.8, 4) is 0 Å². The molecular formula is C73H130N2O6P+. The number of nitrogens with zero attached hydrogens (tertiary/aromatic N) is 1. The molecule has 3 N–H and O–H groups in total. The van der Waals surface area contributed by atoms with E-state index in [1.807, 2.05) is 27.2 Å². The molecule has 82 heavy (non-hydrogen) atoms. The number of allylic oxidation sites excluding steroid dienone is 19. The zero-order valence-corrected chi connectivity index (χ0v) is 54.8. The molecule has 0 aromatic carbocycles. The lowest BCUT2D eigenvalue weighted by atomic mass is 10.0. The van der Waals surface area contributed by atoms with Crippen LogP contribution < -0.4 is 5.32 Å². The van der Waals surface area contributed by atoms with Gasteiger partial charge in [0.25, 0.3) is 0 Å². The molecule has 0 saturated heterocycles. The van der Waals surface area contributed by atoms with Crippen LogP contribution in [0.1, 0.15) is 284 Å². The fraction of sp³-hybridized carbons (Fsp3) is 0.712. The van der Waals surface area contributed by atoms with Gasteiger partial charge in [0, 0.05) is 6.42 Å². The Kier molecular flexibility index (Phi) is 60.1. The molecule has 0 radical (unpaired) electrons. The number of carbonyl (C=O) groups is 1. The number of aliphatic hydroxyl groups excluding tert-OH is 1. The molecule has 472 valence electrons. The number of hydrogen-bond donors (Lipinski definition) is 3. The lowest BCUT2D eigenvalue weighted by Crippen LogP contribution is -2.45. The van der Waals surface area contributed by atoms with Crippen molar-refractivity contribution in [3.63, 3.8) is 0 Å². The Bertz CT molecular complexity index is 1750. The van der Waals surface area contributed by atoms with E-state index in [4.69, 9.17) is 9.05 Å². The van der Waals surface area contributed by atoms with Gasteiger partial charge in [-0.2, -0.15) is 0 Å². The number of phosphoric ester groups is 1. The maximum Gasteiger partial charge on any atom is 0.472 e. The van der Waals surface area contributed by atoms with E-state index < -0.39 is 20.0 Å². The molecule has 9 heteroatoms. The molecule has 0 aliphatic carbocycles. The van der Waals surface area contributed by atoms with Crippen LogP contribution in [0.3, 0.4) is 0 Å². The van der Waals surface area contributed by atoms with Crippen molar-refractivity contribution in [3.05, 3.63) is 122 Å². The summed E-state index contributed by atoms with van der Waals surface area (Å²) in [6.45, 7) is 4.69. The number of rotatable bonds is 61. The number of quaternary nitrogens is 1. The molecule has 0 spiro atoms. The number of unbranched alkanes of at least 4 members (excludes halogenated alkanes) is 30. The third-order valence-electron chi connectivity index (χ3n) is 14.6. The second kappa shape index (κ2) is 62.4. The highest BCUT2D eigenvalue weighted by Crippen LogP contribution is 2.43. The lowest BCUT2D eigenvalue weighted by molar-refractivity contribution is -0.870. The summed E-state index contributed by atoms with van der Waals surface area (Å²) < 4.78 is 23.8. The molecule has 0 bridgehead atoms. The highest BCUT2D eigenvalue weighted by Gasteiger charge is 2.27. The first-order chi connectivity index (χ1) is 40.0. The van der Waals surface area contributed by atoms with Crippen LogP contribution in [0.25, 0.3) is 0 Å².